The van der Waals surface area contributed by atoms with Gasteiger partial charge in [-0.05, 0) is 50.0 Å². The van der Waals surface area contributed by atoms with Crippen LogP contribution in [0.3, 0.4) is 0 Å². The molecular weight excluding hydrogens is 354 g/mol. The van der Waals surface area contributed by atoms with Crippen molar-refractivity contribution in [3.05, 3.63) is 42.9 Å². The van der Waals surface area contributed by atoms with E-state index >= 15 is 0 Å². The minimum Gasteiger partial charge on any atom is -1.00 e. The number of rotatable bonds is 3. The number of fused-ring (bicyclic) bond motifs is 3. The lowest BCUT2D eigenvalue weighted by molar-refractivity contribution is -0.711. The molecule has 3 nitrogen and oxygen atoms in total. The van der Waals surface area contributed by atoms with Gasteiger partial charge in [-0.25, -0.2) is 8.97 Å². The molecule has 2 saturated carbocycles. The number of nitrogens with zero attached hydrogens (tertiary/aromatic N) is 2. The third-order valence-electron chi connectivity index (χ3n) is 6.53. The van der Waals surface area contributed by atoms with Crippen LogP contribution in [0.1, 0.15) is 70.3 Å². The molecule has 0 radical (unpaired) electrons. The highest BCUT2D eigenvalue weighted by Gasteiger charge is 2.29. The van der Waals surface area contributed by atoms with Crippen molar-refractivity contribution in [1.29, 1.82) is 0 Å². The van der Waals surface area contributed by atoms with Gasteiger partial charge in [0.2, 0.25) is 0 Å². The molecule has 0 saturated heterocycles. The summed E-state index contributed by atoms with van der Waals surface area (Å²) >= 11 is 0. The van der Waals surface area contributed by atoms with E-state index in [1.807, 2.05) is 0 Å². The van der Waals surface area contributed by atoms with E-state index < -0.39 is 0 Å². The van der Waals surface area contributed by atoms with E-state index in [1.165, 1.54) is 86.3 Å². The lowest BCUT2D eigenvalue weighted by atomic mass is 9.94. The number of hydrogen-bond donors (Lipinski definition) is 1. The molecule has 4 heteroatoms. The number of imidazole rings is 1. The predicted molar refractivity (Wildman–Crippen MR) is 108 cm³/mol. The molecular formula is C23H30ClN3. The number of pyridine rings is 1. The Kier molecular flexibility index (Phi) is 5.58. The normalized spacial score (nSPS) is 19.3. The Morgan fingerprint density at radius 1 is 0.852 bits per heavy atom. The highest BCUT2D eigenvalue weighted by Crippen LogP contribution is 2.31. The molecule has 2 fully saturated rings. The number of anilines is 1. The van der Waals surface area contributed by atoms with Crippen molar-refractivity contribution < 1.29 is 17.0 Å². The highest BCUT2D eigenvalue weighted by atomic mass is 35.5. The zero-order valence-electron chi connectivity index (χ0n) is 16.0. The molecule has 2 heterocycles. The standard InChI is InChI=1S/C23H30N3.ClH/c1-3-10-19(11-4-1)24-23-22-21-14-8-7-9-18(21)15-16-25(22)17-26(23)20-12-5-2-6-13-20;/h7-9,14-17,19-20,24H,1-6,10-13H2;1H/q+1;/p-1. The van der Waals surface area contributed by atoms with Gasteiger partial charge in [-0.15, -0.1) is 0 Å². The maximum atomic E-state index is 4.00. The zero-order chi connectivity index (χ0) is 17.3. The lowest BCUT2D eigenvalue weighted by Crippen LogP contribution is -3.00. The van der Waals surface area contributed by atoms with E-state index in [1.54, 1.807) is 0 Å². The summed E-state index contributed by atoms with van der Waals surface area (Å²) in [6.07, 6.45) is 18.1. The number of hydrogen-bond acceptors (Lipinski definition) is 1. The summed E-state index contributed by atoms with van der Waals surface area (Å²) in [5.41, 5.74) is 1.36. The lowest BCUT2D eigenvalue weighted by Gasteiger charge is -2.24. The van der Waals surface area contributed by atoms with Gasteiger partial charge in [-0.1, -0.05) is 49.9 Å². The minimum absolute atomic E-state index is 0. The van der Waals surface area contributed by atoms with E-state index in [4.69, 9.17) is 0 Å². The summed E-state index contributed by atoms with van der Waals surface area (Å²) in [5.74, 6) is 1.36. The smallest absolute Gasteiger partial charge is 0.262 e. The van der Waals surface area contributed by atoms with E-state index in [0.717, 1.165) is 0 Å². The van der Waals surface area contributed by atoms with Crippen molar-refractivity contribution in [3.8, 4) is 0 Å². The van der Waals surface area contributed by atoms with E-state index in [0.29, 0.717) is 12.1 Å². The largest absolute Gasteiger partial charge is 1.00 e. The van der Waals surface area contributed by atoms with Gasteiger partial charge in [-0.2, -0.15) is 0 Å². The van der Waals surface area contributed by atoms with Gasteiger partial charge in [0.15, 0.2) is 11.8 Å². The quantitative estimate of drug-likeness (QED) is 0.689. The number of halogens is 1. The number of benzene rings is 1. The maximum absolute atomic E-state index is 4.00. The second-order valence-corrected chi connectivity index (χ2v) is 8.30. The van der Waals surface area contributed by atoms with Crippen molar-refractivity contribution in [2.45, 2.75) is 76.3 Å². The molecule has 2 aliphatic rings. The Morgan fingerprint density at radius 3 is 2.33 bits per heavy atom. The van der Waals surface area contributed by atoms with E-state index in [-0.39, 0.29) is 12.4 Å². The molecule has 0 atom stereocenters. The Balaban J connectivity index is 0.00000180. The first-order chi connectivity index (χ1) is 12.9. The Hall–Kier alpha value is -1.74. The van der Waals surface area contributed by atoms with Crippen molar-refractivity contribution >= 4 is 22.1 Å². The predicted octanol–water partition coefficient (Wildman–Crippen LogP) is 2.63. The van der Waals surface area contributed by atoms with E-state index in [9.17, 15) is 0 Å². The molecule has 0 spiro atoms. The average molecular weight is 384 g/mol. The van der Waals surface area contributed by atoms with Crippen LogP contribution in [0.4, 0.5) is 5.82 Å². The van der Waals surface area contributed by atoms with Gasteiger partial charge in [0.1, 0.15) is 0 Å². The van der Waals surface area contributed by atoms with Crippen LogP contribution < -0.4 is 22.3 Å². The van der Waals surface area contributed by atoms with Crippen molar-refractivity contribution in [2.75, 3.05) is 5.32 Å². The molecule has 1 aromatic carbocycles. The maximum Gasteiger partial charge on any atom is 0.262 e. The molecule has 0 bridgehead atoms. The molecule has 2 aromatic heterocycles. The summed E-state index contributed by atoms with van der Waals surface area (Å²) in [4.78, 5) is 0. The summed E-state index contributed by atoms with van der Waals surface area (Å²) in [5, 5.41) is 6.70. The summed E-state index contributed by atoms with van der Waals surface area (Å²) in [6, 6.07) is 12.4. The first-order valence-electron chi connectivity index (χ1n) is 10.6. The molecule has 3 aromatic rings. The average Bonchev–Trinajstić information content (AvgIpc) is 3.08. The summed E-state index contributed by atoms with van der Waals surface area (Å²) < 4.78 is 4.93. The number of aromatic nitrogens is 2. The van der Waals surface area contributed by atoms with Crippen LogP contribution in [-0.2, 0) is 0 Å². The fourth-order valence-electron chi connectivity index (χ4n) is 5.11. The van der Waals surface area contributed by atoms with Crippen LogP contribution >= 0.6 is 0 Å². The van der Waals surface area contributed by atoms with Crippen LogP contribution in [0, 0.1) is 0 Å². The van der Waals surface area contributed by atoms with Gasteiger partial charge >= 0.3 is 0 Å². The topological polar surface area (TPSA) is 20.3 Å². The molecule has 0 unspecified atom stereocenters. The van der Waals surface area contributed by atoms with Gasteiger partial charge in [0.25, 0.3) is 5.82 Å². The van der Waals surface area contributed by atoms with Crippen LogP contribution in [0.5, 0.6) is 0 Å². The summed E-state index contributed by atoms with van der Waals surface area (Å²) in [6.45, 7) is 0. The van der Waals surface area contributed by atoms with Gasteiger partial charge < -0.3 is 12.4 Å². The molecule has 0 amide bonds. The molecule has 27 heavy (non-hydrogen) atoms. The van der Waals surface area contributed by atoms with Crippen LogP contribution in [0.25, 0.3) is 16.3 Å². The van der Waals surface area contributed by atoms with Crippen molar-refractivity contribution in [3.63, 3.8) is 0 Å². The second-order valence-electron chi connectivity index (χ2n) is 8.30. The molecule has 2 aliphatic carbocycles. The minimum atomic E-state index is 0. The fraction of sp³-hybridized carbons (Fsp3) is 0.522. The summed E-state index contributed by atoms with van der Waals surface area (Å²) in [7, 11) is 0. The molecule has 5 rings (SSSR count). The number of nitrogens with one attached hydrogen (secondary N) is 1. The Labute approximate surface area is 168 Å². The highest BCUT2D eigenvalue weighted by molar-refractivity contribution is 6.00. The van der Waals surface area contributed by atoms with Crippen molar-refractivity contribution in [2.24, 2.45) is 0 Å². The van der Waals surface area contributed by atoms with Gasteiger partial charge in [0.05, 0.1) is 18.3 Å². The molecule has 0 aliphatic heterocycles. The third kappa shape index (κ3) is 3.54. The third-order valence-corrected chi connectivity index (χ3v) is 6.53. The molecule has 144 valence electrons. The Morgan fingerprint density at radius 2 is 1.56 bits per heavy atom. The molecule has 1 N–H and O–H groups in total. The first-order valence-corrected chi connectivity index (χ1v) is 10.6. The van der Waals surface area contributed by atoms with Gasteiger partial charge in [-0.3, -0.25) is 5.32 Å². The van der Waals surface area contributed by atoms with Crippen LogP contribution in [0.15, 0.2) is 42.9 Å². The van der Waals surface area contributed by atoms with Crippen LogP contribution in [-0.4, -0.2) is 10.4 Å². The van der Waals surface area contributed by atoms with Crippen LogP contribution in [0.2, 0.25) is 0 Å². The fourth-order valence-corrected chi connectivity index (χ4v) is 5.11. The zero-order valence-corrected chi connectivity index (χ0v) is 16.8. The van der Waals surface area contributed by atoms with E-state index in [2.05, 4.69) is 57.1 Å². The van der Waals surface area contributed by atoms with Crippen molar-refractivity contribution in [1.82, 2.24) is 4.40 Å². The second kappa shape index (κ2) is 8.10. The SMILES string of the molecule is [Cl-].c1ccc2c(c1)ccn1c[n+](C3CCCCC3)c(NC3CCCCC3)c21. The monoisotopic (exact) mass is 383 g/mol. The first kappa shape index (κ1) is 18.6. The Bertz CT molecular complexity index is 905. The van der Waals surface area contributed by atoms with Gasteiger partial charge in [0, 0.05) is 5.39 Å².